The van der Waals surface area contributed by atoms with E-state index in [1.165, 1.54) is 0 Å². The molecule has 0 aliphatic carbocycles. The molecular formula is C22H34IN5O2. The summed E-state index contributed by atoms with van der Waals surface area (Å²) in [6.45, 7) is 12.3. The topological polar surface area (TPSA) is 74.9 Å². The minimum absolute atomic E-state index is 0. The fourth-order valence-corrected chi connectivity index (χ4v) is 3.49. The number of ether oxygens (including phenoxy) is 1. The molecule has 1 aromatic heterocycles. The summed E-state index contributed by atoms with van der Waals surface area (Å²) in [5.74, 6) is 1.98. The maximum atomic E-state index is 5.61. The van der Waals surface area contributed by atoms with E-state index in [0.717, 1.165) is 56.6 Å². The molecule has 0 radical (unpaired) electrons. The van der Waals surface area contributed by atoms with Gasteiger partial charge >= 0.3 is 0 Å². The van der Waals surface area contributed by atoms with Crippen molar-refractivity contribution in [3.63, 3.8) is 0 Å². The van der Waals surface area contributed by atoms with Crippen LogP contribution in [-0.2, 0) is 11.3 Å². The smallest absolute Gasteiger partial charge is 0.226 e. The third kappa shape index (κ3) is 7.24. The number of rotatable bonds is 8. The monoisotopic (exact) mass is 527 g/mol. The zero-order valence-electron chi connectivity index (χ0n) is 18.1. The largest absolute Gasteiger partial charge is 0.444 e. The maximum Gasteiger partial charge on any atom is 0.226 e. The quantitative estimate of drug-likeness (QED) is 0.312. The van der Waals surface area contributed by atoms with Gasteiger partial charge in [-0.15, -0.1) is 24.0 Å². The SMILES string of the molecule is CCNC(=NCc1coc(-c2ccccc2)n1)NCC(C(C)C)N1CCOCC1.I. The van der Waals surface area contributed by atoms with Crippen LogP contribution in [0.2, 0.25) is 0 Å². The Morgan fingerprint density at radius 1 is 1.17 bits per heavy atom. The first-order chi connectivity index (χ1) is 14.2. The Morgan fingerprint density at radius 3 is 2.57 bits per heavy atom. The molecule has 30 heavy (non-hydrogen) atoms. The fourth-order valence-electron chi connectivity index (χ4n) is 3.49. The van der Waals surface area contributed by atoms with Crippen molar-refractivity contribution in [3.05, 3.63) is 42.3 Å². The average Bonchev–Trinajstić information content (AvgIpc) is 3.22. The standard InChI is InChI=1S/C22H33N5O2.HI/c1-4-23-22(25-15-20(17(2)3)27-10-12-28-13-11-27)24-14-19-16-29-21(26-19)18-8-6-5-7-9-18;/h5-9,16-17,20H,4,10-15H2,1-3H3,(H2,23,24,25);1H. The van der Waals surface area contributed by atoms with Crippen molar-refractivity contribution in [1.82, 2.24) is 20.5 Å². The number of aromatic nitrogens is 1. The number of morpholine rings is 1. The van der Waals surface area contributed by atoms with Gasteiger partial charge in [0.15, 0.2) is 5.96 Å². The van der Waals surface area contributed by atoms with E-state index in [-0.39, 0.29) is 24.0 Å². The molecule has 0 bridgehead atoms. The van der Waals surface area contributed by atoms with Gasteiger partial charge < -0.3 is 19.8 Å². The van der Waals surface area contributed by atoms with E-state index < -0.39 is 0 Å². The number of guanidine groups is 1. The van der Waals surface area contributed by atoms with Crippen molar-refractivity contribution in [2.24, 2.45) is 10.9 Å². The highest BCUT2D eigenvalue weighted by atomic mass is 127. The second-order valence-electron chi connectivity index (χ2n) is 7.55. The molecule has 166 valence electrons. The first kappa shape index (κ1) is 24.6. The van der Waals surface area contributed by atoms with E-state index in [2.05, 4.69) is 41.3 Å². The van der Waals surface area contributed by atoms with Crippen LogP contribution in [0.15, 0.2) is 46.0 Å². The molecule has 1 fully saturated rings. The number of oxazole rings is 1. The predicted octanol–water partition coefficient (Wildman–Crippen LogP) is 3.37. The summed E-state index contributed by atoms with van der Waals surface area (Å²) in [5, 5.41) is 6.83. The fraction of sp³-hybridized carbons (Fsp3) is 0.545. The Morgan fingerprint density at radius 2 is 1.90 bits per heavy atom. The molecule has 0 spiro atoms. The Balaban J connectivity index is 0.00000320. The zero-order valence-corrected chi connectivity index (χ0v) is 20.5. The Hall–Kier alpha value is -1.65. The molecule has 1 atom stereocenters. The first-order valence-corrected chi connectivity index (χ1v) is 10.5. The molecule has 1 saturated heterocycles. The van der Waals surface area contributed by atoms with Crippen LogP contribution in [0.4, 0.5) is 0 Å². The molecule has 3 rings (SSSR count). The van der Waals surface area contributed by atoms with E-state index in [0.29, 0.717) is 24.4 Å². The summed E-state index contributed by atoms with van der Waals surface area (Å²) in [6.07, 6.45) is 1.68. The number of nitrogens with zero attached hydrogens (tertiary/aromatic N) is 3. The van der Waals surface area contributed by atoms with Crippen molar-refractivity contribution in [3.8, 4) is 11.5 Å². The van der Waals surface area contributed by atoms with Crippen LogP contribution < -0.4 is 10.6 Å². The number of hydrogen-bond acceptors (Lipinski definition) is 5. The molecule has 8 heteroatoms. The van der Waals surface area contributed by atoms with Crippen LogP contribution in [0.5, 0.6) is 0 Å². The molecule has 0 amide bonds. The highest BCUT2D eigenvalue weighted by Gasteiger charge is 2.23. The Bertz CT molecular complexity index is 760. The van der Waals surface area contributed by atoms with Gasteiger partial charge in [0.25, 0.3) is 0 Å². The van der Waals surface area contributed by atoms with Gasteiger partial charge in [0.05, 0.1) is 19.8 Å². The number of aliphatic imine (C=N–C) groups is 1. The molecule has 1 unspecified atom stereocenters. The van der Waals surface area contributed by atoms with Crippen molar-refractivity contribution in [1.29, 1.82) is 0 Å². The predicted molar refractivity (Wildman–Crippen MR) is 131 cm³/mol. The lowest BCUT2D eigenvalue weighted by Crippen LogP contribution is -2.52. The number of hydrogen-bond donors (Lipinski definition) is 2. The van der Waals surface area contributed by atoms with Gasteiger partial charge in [0, 0.05) is 37.8 Å². The molecule has 1 aliphatic rings. The lowest BCUT2D eigenvalue weighted by Gasteiger charge is -2.37. The van der Waals surface area contributed by atoms with E-state index in [1.807, 2.05) is 30.3 Å². The van der Waals surface area contributed by atoms with Crippen LogP contribution in [0.3, 0.4) is 0 Å². The summed E-state index contributed by atoms with van der Waals surface area (Å²) >= 11 is 0. The molecule has 1 aliphatic heterocycles. The summed E-state index contributed by atoms with van der Waals surface area (Å²) in [7, 11) is 0. The molecule has 0 saturated carbocycles. The van der Waals surface area contributed by atoms with Crippen LogP contribution in [-0.4, -0.2) is 61.3 Å². The van der Waals surface area contributed by atoms with E-state index in [9.17, 15) is 0 Å². The van der Waals surface area contributed by atoms with Crippen LogP contribution in [0.1, 0.15) is 26.5 Å². The van der Waals surface area contributed by atoms with Gasteiger partial charge in [0.1, 0.15) is 12.0 Å². The Labute approximate surface area is 196 Å². The minimum Gasteiger partial charge on any atom is -0.444 e. The lowest BCUT2D eigenvalue weighted by atomic mass is 10.0. The number of halogens is 1. The van der Waals surface area contributed by atoms with Crippen molar-refractivity contribution < 1.29 is 9.15 Å². The van der Waals surface area contributed by atoms with E-state index in [4.69, 9.17) is 14.1 Å². The van der Waals surface area contributed by atoms with Crippen LogP contribution >= 0.6 is 24.0 Å². The average molecular weight is 527 g/mol. The maximum absolute atomic E-state index is 5.61. The highest BCUT2D eigenvalue weighted by molar-refractivity contribution is 14.0. The first-order valence-electron chi connectivity index (χ1n) is 10.5. The third-order valence-corrected chi connectivity index (χ3v) is 5.08. The van der Waals surface area contributed by atoms with Gasteiger partial charge in [-0.2, -0.15) is 0 Å². The molecule has 2 N–H and O–H groups in total. The van der Waals surface area contributed by atoms with E-state index in [1.54, 1.807) is 6.26 Å². The molecule has 7 nitrogen and oxygen atoms in total. The van der Waals surface area contributed by atoms with Gasteiger partial charge in [-0.05, 0) is 25.0 Å². The van der Waals surface area contributed by atoms with Crippen molar-refractivity contribution >= 4 is 29.9 Å². The molecule has 1 aromatic carbocycles. The third-order valence-electron chi connectivity index (χ3n) is 5.08. The van der Waals surface area contributed by atoms with Crippen molar-refractivity contribution in [2.75, 3.05) is 39.4 Å². The number of benzene rings is 1. The zero-order chi connectivity index (χ0) is 20.5. The molecular weight excluding hydrogens is 493 g/mol. The molecule has 2 heterocycles. The summed E-state index contributed by atoms with van der Waals surface area (Å²) < 4.78 is 11.1. The van der Waals surface area contributed by atoms with Gasteiger partial charge in [-0.1, -0.05) is 32.0 Å². The highest BCUT2D eigenvalue weighted by Crippen LogP contribution is 2.18. The summed E-state index contributed by atoms with van der Waals surface area (Å²) in [6, 6.07) is 10.4. The lowest BCUT2D eigenvalue weighted by molar-refractivity contribution is 0.00752. The van der Waals surface area contributed by atoms with Crippen LogP contribution in [0.25, 0.3) is 11.5 Å². The normalized spacial score (nSPS) is 16.2. The summed E-state index contributed by atoms with van der Waals surface area (Å²) in [5.41, 5.74) is 1.78. The van der Waals surface area contributed by atoms with Crippen LogP contribution in [0, 0.1) is 5.92 Å². The second-order valence-corrected chi connectivity index (χ2v) is 7.55. The van der Waals surface area contributed by atoms with Gasteiger partial charge in [-0.3, -0.25) is 4.90 Å². The van der Waals surface area contributed by atoms with E-state index >= 15 is 0 Å². The second kappa shape index (κ2) is 12.9. The summed E-state index contributed by atoms with van der Waals surface area (Å²) in [4.78, 5) is 11.8. The van der Waals surface area contributed by atoms with Gasteiger partial charge in [0.2, 0.25) is 5.89 Å². The molecule has 2 aromatic rings. The Kier molecular flexibility index (Phi) is 10.6. The minimum atomic E-state index is 0. The van der Waals surface area contributed by atoms with Crippen molar-refractivity contribution in [2.45, 2.75) is 33.4 Å². The number of nitrogens with one attached hydrogen (secondary N) is 2. The van der Waals surface area contributed by atoms with Gasteiger partial charge in [-0.25, -0.2) is 9.98 Å².